The van der Waals surface area contributed by atoms with E-state index in [1.54, 1.807) is 27.8 Å². The van der Waals surface area contributed by atoms with Gasteiger partial charge < -0.3 is 20.3 Å². The molecule has 0 heterocycles. The molecule has 0 aliphatic rings. The van der Waals surface area contributed by atoms with Crippen molar-refractivity contribution in [1.82, 2.24) is 15.5 Å². The SMILES string of the molecule is CCCCNC(=O)C(c1c(C)cccc1C)N(C)C(=O)C(CS)NC(=O)OC(C)(C)C. The molecule has 1 aromatic carbocycles. The van der Waals surface area contributed by atoms with Gasteiger partial charge in [0.25, 0.3) is 0 Å². The molecule has 2 unspecified atom stereocenters. The Labute approximate surface area is 191 Å². The summed E-state index contributed by atoms with van der Waals surface area (Å²) in [4.78, 5) is 40.0. The lowest BCUT2D eigenvalue weighted by molar-refractivity contribution is -0.140. The number of ether oxygens (including phenoxy) is 1. The van der Waals surface area contributed by atoms with Crippen molar-refractivity contribution >= 4 is 30.5 Å². The number of carbonyl (C=O) groups excluding carboxylic acids is 3. The number of thiol groups is 1. The maximum atomic E-state index is 13.3. The molecule has 0 spiro atoms. The van der Waals surface area contributed by atoms with Gasteiger partial charge in [0.05, 0.1) is 0 Å². The number of alkyl carbamates (subject to hydrolysis) is 1. The second-order valence-electron chi connectivity index (χ2n) is 8.68. The van der Waals surface area contributed by atoms with Crippen molar-refractivity contribution in [2.75, 3.05) is 19.3 Å². The van der Waals surface area contributed by atoms with Crippen molar-refractivity contribution in [2.45, 2.75) is 72.1 Å². The van der Waals surface area contributed by atoms with Crippen molar-refractivity contribution < 1.29 is 19.1 Å². The van der Waals surface area contributed by atoms with Gasteiger partial charge in [-0.1, -0.05) is 31.5 Å². The van der Waals surface area contributed by atoms with Gasteiger partial charge in [-0.3, -0.25) is 9.59 Å². The number of unbranched alkanes of at least 4 members (excludes halogenated alkanes) is 1. The lowest BCUT2D eigenvalue weighted by Gasteiger charge is -2.32. The topological polar surface area (TPSA) is 87.7 Å². The summed E-state index contributed by atoms with van der Waals surface area (Å²) in [6.07, 6.45) is 1.09. The van der Waals surface area contributed by atoms with Gasteiger partial charge in [-0.2, -0.15) is 12.6 Å². The summed E-state index contributed by atoms with van der Waals surface area (Å²) in [6.45, 7) is 11.6. The smallest absolute Gasteiger partial charge is 0.408 e. The summed E-state index contributed by atoms with van der Waals surface area (Å²) >= 11 is 4.23. The summed E-state index contributed by atoms with van der Waals surface area (Å²) in [5.74, 6) is -0.602. The lowest BCUT2D eigenvalue weighted by atomic mass is 9.94. The molecule has 2 atom stereocenters. The third kappa shape index (κ3) is 8.09. The molecule has 174 valence electrons. The van der Waals surface area contributed by atoms with Gasteiger partial charge in [0.1, 0.15) is 17.7 Å². The lowest BCUT2D eigenvalue weighted by Crippen LogP contribution is -2.52. The van der Waals surface area contributed by atoms with Gasteiger partial charge in [-0.15, -0.1) is 0 Å². The number of likely N-dealkylation sites (N-methyl/N-ethyl adjacent to an activating group) is 1. The minimum atomic E-state index is -0.932. The maximum absolute atomic E-state index is 13.3. The molecule has 3 amide bonds. The highest BCUT2D eigenvalue weighted by Crippen LogP contribution is 2.27. The Bertz CT molecular complexity index is 756. The number of rotatable bonds is 9. The van der Waals surface area contributed by atoms with Crippen LogP contribution in [0.5, 0.6) is 0 Å². The minimum Gasteiger partial charge on any atom is -0.444 e. The van der Waals surface area contributed by atoms with Crippen LogP contribution in [0.25, 0.3) is 0 Å². The van der Waals surface area contributed by atoms with Crippen LogP contribution in [0.2, 0.25) is 0 Å². The minimum absolute atomic E-state index is 0.0688. The molecule has 0 aliphatic carbocycles. The fourth-order valence-electron chi connectivity index (χ4n) is 3.25. The summed E-state index contributed by atoms with van der Waals surface area (Å²) < 4.78 is 5.26. The molecule has 0 radical (unpaired) electrons. The Morgan fingerprint density at radius 1 is 1.16 bits per heavy atom. The molecule has 0 saturated heterocycles. The number of nitrogens with one attached hydrogen (secondary N) is 2. The highest BCUT2D eigenvalue weighted by molar-refractivity contribution is 7.80. The molecule has 0 bridgehead atoms. The average Bonchev–Trinajstić information content (AvgIpc) is 2.66. The zero-order chi connectivity index (χ0) is 23.8. The predicted molar refractivity (Wildman–Crippen MR) is 126 cm³/mol. The molecule has 0 aliphatic heterocycles. The van der Waals surface area contributed by atoms with Crippen molar-refractivity contribution in [2.24, 2.45) is 0 Å². The average molecular weight is 452 g/mol. The van der Waals surface area contributed by atoms with Crippen LogP contribution in [0.3, 0.4) is 0 Å². The van der Waals surface area contributed by atoms with Crippen LogP contribution < -0.4 is 10.6 Å². The van der Waals surface area contributed by atoms with Crippen molar-refractivity contribution in [3.05, 3.63) is 34.9 Å². The van der Waals surface area contributed by atoms with E-state index in [1.807, 2.05) is 39.0 Å². The van der Waals surface area contributed by atoms with E-state index in [9.17, 15) is 14.4 Å². The van der Waals surface area contributed by atoms with Crippen molar-refractivity contribution in [1.29, 1.82) is 0 Å². The second-order valence-corrected chi connectivity index (χ2v) is 9.05. The molecular formula is C23H37N3O4S. The van der Waals surface area contributed by atoms with E-state index >= 15 is 0 Å². The van der Waals surface area contributed by atoms with Gasteiger partial charge in [0.2, 0.25) is 11.8 Å². The quantitative estimate of drug-likeness (QED) is 0.396. The van der Waals surface area contributed by atoms with E-state index < -0.39 is 29.7 Å². The fraction of sp³-hybridized carbons (Fsp3) is 0.609. The van der Waals surface area contributed by atoms with Crippen LogP contribution in [0, 0.1) is 13.8 Å². The van der Waals surface area contributed by atoms with Gasteiger partial charge in [-0.25, -0.2) is 4.79 Å². The maximum Gasteiger partial charge on any atom is 0.408 e. The molecule has 0 saturated carbocycles. The predicted octanol–water partition coefficient (Wildman–Crippen LogP) is 3.54. The summed E-state index contributed by atoms with van der Waals surface area (Å²) in [5.41, 5.74) is 1.92. The molecular weight excluding hydrogens is 414 g/mol. The van der Waals surface area contributed by atoms with Gasteiger partial charge >= 0.3 is 6.09 Å². The van der Waals surface area contributed by atoms with Crippen LogP contribution in [0.1, 0.15) is 63.3 Å². The zero-order valence-corrected chi connectivity index (χ0v) is 20.6. The Balaban J connectivity index is 3.20. The first-order valence-corrected chi connectivity index (χ1v) is 11.3. The largest absolute Gasteiger partial charge is 0.444 e. The Morgan fingerprint density at radius 3 is 2.23 bits per heavy atom. The van der Waals surface area contributed by atoms with E-state index in [1.165, 1.54) is 4.90 Å². The number of benzene rings is 1. The Kier molecular flexibility index (Phi) is 10.4. The highest BCUT2D eigenvalue weighted by Gasteiger charge is 2.34. The second kappa shape index (κ2) is 12.0. The van der Waals surface area contributed by atoms with Crippen molar-refractivity contribution in [3.63, 3.8) is 0 Å². The van der Waals surface area contributed by atoms with E-state index in [4.69, 9.17) is 4.74 Å². The summed E-state index contributed by atoms with van der Waals surface area (Å²) in [7, 11) is 1.57. The number of amides is 3. The Hall–Kier alpha value is -2.22. The molecule has 2 N–H and O–H groups in total. The molecule has 0 fully saturated rings. The molecule has 8 heteroatoms. The zero-order valence-electron chi connectivity index (χ0n) is 19.7. The normalized spacial score (nSPS) is 13.2. The van der Waals surface area contributed by atoms with E-state index in [0.29, 0.717) is 6.54 Å². The number of aryl methyl sites for hydroxylation is 2. The van der Waals surface area contributed by atoms with Crippen LogP contribution in [0.15, 0.2) is 18.2 Å². The van der Waals surface area contributed by atoms with Gasteiger partial charge in [-0.05, 0) is 57.7 Å². The third-order valence-corrected chi connectivity index (χ3v) is 5.17. The van der Waals surface area contributed by atoms with Crippen LogP contribution >= 0.6 is 12.6 Å². The summed E-state index contributed by atoms with van der Waals surface area (Å²) in [5, 5.41) is 5.51. The van der Waals surface area contributed by atoms with E-state index in [2.05, 4.69) is 23.3 Å². The fourth-order valence-corrected chi connectivity index (χ4v) is 3.50. The van der Waals surface area contributed by atoms with E-state index in [0.717, 1.165) is 29.5 Å². The standard InChI is InChI=1S/C23H37N3O4S/c1-8-9-13-24-20(27)19(18-15(2)11-10-12-16(18)3)26(7)21(28)17(14-31)25-22(29)30-23(4,5)6/h10-12,17,19,31H,8-9,13-14H2,1-7H3,(H,24,27)(H,25,29). The molecule has 31 heavy (non-hydrogen) atoms. The summed E-state index contributed by atoms with van der Waals surface area (Å²) in [6, 6.07) is 4.00. The van der Waals surface area contributed by atoms with Crippen molar-refractivity contribution in [3.8, 4) is 0 Å². The first kappa shape index (κ1) is 26.8. The number of hydrogen-bond acceptors (Lipinski definition) is 5. The van der Waals surface area contributed by atoms with Crippen LogP contribution in [-0.4, -0.2) is 53.8 Å². The Morgan fingerprint density at radius 2 is 1.74 bits per heavy atom. The van der Waals surface area contributed by atoms with E-state index in [-0.39, 0.29) is 11.7 Å². The van der Waals surface area contributed by atoms with Crippen LogP contribution in [-0.2, 0) is 14.3 Å². The molecule has 0 aromatic heterocycles. The molecule has 7 nitrogen and oxygen atoms in total. The third-order valence-electron chi connectivity index (χ3n) is 4.80. The highest BCUT2D eigenvalue weighted by atomic mass is 32.1. The van der Waals surface area contributed by atoms with Crippen LogP contribution in [0.4, 0.5) is 4.79 Å². The number of carbonyl (C=O) groups is 3. The first-order valence-electron chi connectivity index (χ1n) is 10.6. The van der Waals surface area contributed by atoms with Gasteiger partial charge in [0.15, 0.2) is 0 Å². The number of nitrogens with zero attached hydrogens (tertiary/aromatic N) is 1. The number of hydrogen-bond donors (Lipinski definition) is 3. The molecule has 1 aromatic rings. The first-order chi connectivity index (χ1) is 14.4. The van der Waals surface area contributed by atoms with Gasteiger partial charge in [0, 0.05) is 19.3 Å². The monoisotopic (exact) mass is 451 g/mol. The molecule has 1 rings (SSSR count).